The van der Waals surface area contributed by atoms with Crippen molar-refractivity contribution in [1.82, 2.24) is 4.98 Å². The lowest BCUT2D eigenvalue weighted by Gasteiger charge is -2.60. The maximum absolute atomic E-state index is 8.19. The summed E-state index contributed by atoms with van der Waals surface area (Å²) in [6.07, 6.45) is 16.6. The monoisotopic (exact) mass is 348 g/mol. The van der Waals surface area contributed by atoms with Crippen molar-refractivity contribution in [2.24, 2.45) is 34.5 Å². The van der Waals surface area contributed by atoms with Crippen LogP contribution in [0.4, 0.5) is 0 Å². The minimum absolute atomic E-state index is 0.342. The maximum Gasteiger partial charge on any atom is 0.0343 e. The van der Waals surface area contributed by atoms with E-state index in [0.29, 0.717) is 10.8 Å². The van der Waals surface area contributed by atoms with Crippen molar-refractivity contribution in [3.63, 3.8) is 0 Å². The van der Waals surface area contributed by atoms with Gasteiger partial charge in [-0.25, -0.2) is 0 Å². The second-order valence-corrected chi connectivity index (χ2v) is 10.0. The summed E-state index contributed by atoms with van der Waals surface area (Å²) >= 11 is 0. The minimum Gasteiger partial charge on any atom is -0.310 e. The van der Waals surface area contributed by atoms with E-state index in [-0.39, 0.29) is 0 Å². The highest BCUT2D eigenvalue weighted by Gasteiger charge is 2.58. The van der Waals surface area contributed by atoms with Crippen molar-refractivity contribution in [3.8, 4) is 0 Å². The van der Waals surface area contributed by atoms with Crippen molar-refractivity contribution in [2.75, 3.05) is 0 Å². The Labute approximate surface area is 158 Å². The number of aromatic nitrogens is 1. The summed E-state index contributed by atoms with van der Waals surface area (Å²) in [7, 11) is 0. The molecule has 0 aliphatic heterocycles. The molecule has 4 aliphatic carbocycles. The zero-order valence-electron chi connectivity index (χ0n) is 16.3. The van der Waals surface area contributed by atoms with Gasteiger partial charge in [-0.3, -0.25) is 4.98 Å². The van der Waals surface area contributed by atoms with Gasteiger partial charge < -0.3 is 5.41 Å². The molecular formula is C24H32N2. The number of fused-ring (bicyclic) bond motifs is 5. The Kier molecular flexibility index (Phi) is 3.71. The minimum atomic E-state index is 0.342. The third-order valence-electron chi connectivity index (χ3n) is 9.08. The Morgan fingerprint density at radius 2 is 2.00 bits per heavy atom. The summed E-state index contributed by atoms with van der Waals surface area (Å²) in [5, 5.41) is 8.19. The summed E-state index contributed by atoms with van der Waals surface area (Å²) < 4.78 is 0. The first kappa shape index (κ1) is 16.7. The van der Waals surface area contributed by atoms with E-state index in [2.05, 4.69) is 43.2 Å². The molecule has 4 aliphatic rings. The van der Waals surface area contributed by atoms with Crippen LogP contribution in [0.5, 0.6) is 0 Å². The largest absolute Gasteiger partial charge is 0.310 e. The number of rotatable bonds is 1. The number of pyridine rings is 1. The van der Waals surface area contributed by atoms with Crippen LogP contribution < -0.4 is 0 Å². The first-order chi connectivity index (χ1) is 12.5. The van der Waals surface area contributed by atoms with Crippen molar-refractivity contribution in [1.29, 1.82) is 5.41 Å². The van der Waals surface area contributed by atoms with Gasteiger partial charge in [-0.05, 0) is 103 Å². The summed E-state index contributed by atoms with van der Waals surface area (Å²) in [6, 6.07) is 4.34. The molecule has 1 unspecified atom stereocenters. The zero-order chi connectivity index (χ0) is 17.9. The molecule has 5 rings (SSSR count). The molecule has 3 saturated carbocycles. The number of nitrogens with one attached hydrogen (secondary N) is 1. The van der Waals surface area contributed by atoms with Gasteiger partial charge in [-0.15, -0.1) is 0 Å². The molecule has 3 fully saturated rings. The Morgan fingerprint density at radius 3 is 2.81 bits per heavy atom. The fourth-order valence-corrected chi connectivity index (χ4v) is 7.62. The molecule has 0 bridgehead atoms. The van der Waals surface area contributed by atoms with E-state index in [1.54, 1.807) is 5.57 Å². The smallest absolute Gasteiger partial charge is 0.0343 e. The lowest BCUT2D eigenvalue weighted by molar-refractivity contribution is -0.0835. The Balaban J connectivity index is 1.45. The molecule has 1 heterocycles. The first-order valence-electron chi connectivity index (χ1n) is 10.7. The Morgan fingerprint density at radius 1 is 1.12 bits per heavy atom. The standard InChI is InChI=1S/C24H32N2/c1-23-11-9-18(25)14-17(23)5-6-19-21-8-7-20(16-4-3-13-26-15-16)24(21,2)12-10-22(19)23/h3-4,7,13,15,17,19,21-22,25H,5-6,8-12,14H2,1-2H3/t17?,19-,21-,22-,23-,24+/m0/s1. The zero-order valence-corrected chi connectivity index (χ0v) is 16.3. The number of hydrogen-bond acceptors (Lipinski definition) is 2. The van der Waals surface area contributed by atoms with Gasteiger partial charge in [-0.1, -0.05) is 26.0 Å². The molecule has 1 aromatic rings. The third kappa shape index (κ3) is 2.23. The molecule has 1 aromatic heterocycles. The molecule has 2 nitrogen and oxygen atoms in total. The Hall–Kier alpha value is -1.44. The van der Waals surface area contributed by atoms with E-state index in [4.69, 9.17) is 5.41 Å². The fourth-order valence-electron chi connectivity index (χ4n) is 7.62. The van der Waals surface area contributed by atoms with Crippen molar-refractivity contribution in [2.45, 2.75) is 65.2 Å². The molecule has 6 atom stereocenters. The lowest BCUT2D eigenvalue weighted by Crippen LogP contribution is -2.53. The van der Waals surface area contributed by atoms with Crippen LogP contribution in [0.1, 0.15) is 70.8 Å². The van der Waals surface area contributed by atoms with Gasteiger partial charge in [0.25, 0.3) is 0 Å². The van der Waals surface area contributed by atoms with Crippen LogP contribution in [0.3, 0.4) is 0 Å². The van der Waals surface area contributed by atoms with Crippen molar-refractivity contribution < 1.29 is 0 Å². The quantitative estimate of drug-likeness (QED) is 0.650. The van der Waals surface area contributed by atoms with Gasteiger partial charge in [0, 0.05) is 18.1 Å². The molecule has 0 aromatic carbocycles. The van der Waals surface area contributed by atoms with E-state index in [1.165, 1.54) is 44.1 Å². The molecule has 1 N–H and O–H groups in total. The van der Waals surface area contributed by atoms with E-state index < -0.39 is 0 Å². The highest BCUT2D eigenvalue weighted by Crippen LogP contribution is 2.67. The van der Waals surface area contributed by atoms with Crippen LogP contribution in [0.15, 0.2) is 30.6 Å². The topological polar surface area (TPSA) is 36.7 Å². The number of hydrogen-bond donors (Lipinski definition) is 1. The van der Waals surface area contributed by atoms with Crippen LogP contribution in [-0.4, -0.2) is 10.7 Å². The van der Waals surface area contributed by atoms with Crippen molar-refractivity contribution >= 4 is 11.3 Å². The molecule has 0 radical (unpaired) electrons. The van der Waals surface area contributed by atoms with E-state index in [0.717, 1.165) is 42.2 Å². The SMILES string of the molecule is C[C@]12CCC(=N)CC1CC[C@@H]1[C@@H]2CC[C@]2(C)C(c3cccnc3)=CC[C@@H]12. The lowest BCUT2D eigenvalue weighted by atomic mass is 9.44. The van der Waals surface area contributed by atoms with Gasteiger partial charge in [0.15, 0.2) is 0 Å². The molecule has 0 saturated heterocycles. The summed E-state index contributed by atoms with van der Waals surface area (Å²) in [5.74, 6) is 3.36. The molecule has 0 amide bonds. The number of allylic oxidation sites excluding steroid dienone is 2. The fraction of sp³-hybridized carbons (Fsp3) is 0.667. The van der Waals surface area contributed by atoms with Crippen LogP contribution in [-0.2, 0) is 0 Å². The summed E-state index contributed by atoms with van der Waals surface area (Å²) in [4.78, 5) is 4.39. The third-order valence-corrected chi connectivity index (χ3v) is 9.08. The van der Waals surface area contributed by atoms with Gasteiger partial charge >= 0.3 is 0 Å². The summed E-state index contributed by atoms with van der Waals surface area (Å²) in [5.41, 5.74) is 4.78. The Bertz CT molecular complexity index is 751. The second-order valence-electron chi connectivity index (χ2n) is 10.0. The van der Waals surface area contributed by atoms with Gasteiger partial charge in [0.05, 0.1) is 0 Å². The molecule has 26 heavy (non-hydrogen) atoms. The maximum atomic E-state index is 8.19. The average molecular weight is 349 g/mol. The summed E-state index contributed by atoms with van der Waals surface area (Å²) in [6.45, 7) is 5.14. The van der Waals surface area contributed by atoms with Crippen LogP contribution >= 0.6 is 0 Å². The van der Waals surface area contributed by atoms with E-state index >= 15 is 0 Å². The normalized spacial score (nSPS) is 44.7. The average Bonchev–Trinajstić information content (AvgIpc) is 3.00. The van der Waals surface area contributed by atoms with E-state index in [9.17, 15) is 0 Å². The van der Waals surface area contributed by atoms with Crippen molar-refractivity contribution in [3.05, 3.63) is 36.2 Å². The molecule has 138 valence electrons. The predicted octanol–water partition coefficient (Wildman–Crippen LogP) is 6.14. The van der Waals surface area contributed by atoms with Crippen LogP contribution in [0.25, 0.3) is 5.57 Å². The van der Waals surface area contributed by atoms with Crippen LogP contribution in [0, 0.1) is 39.9 Å². The van der Waals surface area contributed by atoms with Gasteiger partial charge in [-0.2, -0.15) is 0 Å². The highest BCUT2D eigenvalue weighted by atomic mass is 14.7. The van der Waals surface area contributed by atoms with Gasteiger partial charge in [0.2, 0.25) is 0 Å². The van der Waals surface area contributed by atoms with E-state index in [1.807, 2.05) is 6.20 Å². The number of nitrogens with zero attached hydrogens (tertiary/aromatic N) is 1. The van der Waals surface area contributed by atoms with Gasteiger partial charge in [0.1, 0.15) is 0 Å². The predicted molar refractivity (Wildman–Crippen MR) is 107 cm³/mol. The second kappa shape index (κ2) is 5.78. The molecule has 2 heteroatoms. The van der Waals surface area contributed by atoms with Crippen LogP contribution in [0.2, 0.25) is 0 Å². The first-order valence-corrected chi connectivity index (χ1v) is 10.7. The molecular weight excluding hydrogens is 316 g/mol. The molecule has 0 spiro atoms. The highest BCUT2D eigenvalue weighted by molar-refractivity contribution is 5.82.